The highest BCUT2D eigenvalue weighted by Crippen LogP contribution is 2.38. The molecule has 0 atom stereocenters. The van der Waals surface area contributed by atoms with Crippen LogP contribution >= 0.6 is 11.3 Å². The molecule has 1 saturated carbocycles. The second-order valence-electron chi connectivity index (χ2n) is 12.5. The van der Waals surface area contributed by atoms with Gasteiger partial charge in [0, 0.05) is 30.4 Å². The molecule has 216 valence electrons. The number of ether oxygens (including phenoxy) is 1. The van der Waals surface area contributed by atoms with E-state index in [1.54, 1.807) is 52.8 Å². The number of hydrogen-bond donors (Lipinski definition) is 3. The molecule has 1 aromatic heterocycles. The van der Waals surface area contributed by atoms with Crippen molar-refractivity contribution in [3.05, 3.63) is 34.5 Å². The van der Waals surface area contributed by atoms with Crippen molar-refractivity contribution in [1.29, 1.82) is 0 Å². The Morgan fingerprint density at radius 2 is 1.74 bits per heavy atom. The summed E-state index contributed by atoms with van der Waals surface area (Å²) in [6, 6.07) is 5.14. The molecule has 39 heavy (non-hydrogen) atoms. The van der Waals surface area contributed by atoms with Crippen LogP contribution < -0.4 is 10.0 Å². The van der Waals surface area contributed by atoms with Gasteiger partial charge in [-0.15, -0.1) is 11.3 Å². The average molecular weight is 578 g/mol. The zero-order valence-corrected chi connectivity index (χ0v) is 25.4. The molecule has 0 bridgehead atoms. The van der Waals surface area contributed by atoms with Crippen molar-refractivity contribution < 1.29 is 23.1 Å². The van der Waals surface area contributed by atoms with Gasteiger partial charge >= 0.3 is 0 Å². The molecule has 0 unspecified atom stereocenters. The van der Waals surface area contributed by atoms with Gasteiger partial charge in [-0.25, -0.2) is 18.1 Å². The van der Waals surface area contributed by atoms with Crippen molar-refractivity contribution in [2.45, 2.75) is 108 Å². The highest BCUT2D eigenvalue weighted by molar-refractivity contribution is 7.89. The van der Waals surface area contributed by atoms with Crippen molar-refractivity contribution in [3.63, 3.8) is 0 Å². The molecule has 8 nitrogen and oxygen atoms in total. The topological polar surface area (TPSA) is 118 Å². The second kappa shape index (κ2) is 11.9. The summed E-state index contributed by atoms with van der Waals surface area (Å²) in [5.41, 5.74) is -0.145. The molecule has 10 heteroatoms. The number of nitrogens with zero attached hydrogens (tertiary/aromatic N) is 1. The fourth-order valence-corrected chi connectivity index (χ4v) is 8.16. The molecule has 1 aliphatic heterocycles. The van der Waals surface area contributed by atoms with Crippen molar-refractivity contribution in [3.8, 4) is 10.4 Å². The van der Waals surface area contributed by atoms with E-state index in [0.29, 0.717) is 29.7 Å². The van der Waals surface area contributed by atoms with Crippen LogP contribution in [0.5, 0.6) is 0 Å². The first-order valence-corrected chi connectivity index (χ1v) is 16.3. The Morgan fingerprint density at radius 1 is 1.08 bits per heavy atom. The van der Waals surface area contributed by atoms with E-state index in [9.17, 15) is 18.3 Å². The molecule has 1 saturated heterocycles. The van der Waals surface area contributed by atoms with E-state index >= 15 is 0 Å². The van der Waals surface area contributed by atoms with Crippen LogP contribution in [-0.4, -0.2) is 49.2 Å². The summed E-state index contributed by atoms with van der Waals surface area (Å²) < 4.78 is 34.7. The molecule has 2 heterocycles. The molecular weight excluding hydrogens is 534 g/mol. The third kappa shape index (κ3) is 7.88. The second-order valence-corrected chi connectivity index (χ2v) is 15.1. The van der Waals surface area contributed by atoms with Gasteiger partial charge in [0.2, 0.25) is 10.0 Å². The average Bonchev–Trinajstić information content (AvgIpc) is 3.27. The smallest absolute Gasteiger partial charge is 0.280 e. The molecule has 2 aromatic rings. The van der Waals surface area contributed by atoms with E-state index in [0.717, 1.165) is 48.2 Å². The summed E-state index contributed by atoms with van der Waals surface area (Å²) in [6.07, 6.45) is 8.30. The number of sulfonamides is 1. The molecule has 2 aliphatic rings. The molecule has 4 rings (SSSR count). The summed E-state index contributed by atoms with van der Waals surface area (Å²) in [5.74, 6) is 0.328. The minimum Gasteiger partial charge on any atom is -0.386 e. The summed E-state index contributed by atoms with van der Waals surface area (Å²) in [4.78, 5) is 19.0. The van der Waals surface area contributed by atoms with E-state index in [2.05, 4.69) is 10.0 Å². The number of hydrogen-bond acceptors (Lipinski definition) is 7. The number of aromatic nitrogens is 1. The molecule has 0 spiro atoms. The lowest BCUT2D eigenvalue weighted by atomic mass is 9.85. The SMILES string of the molecule is CC(C)(C)NS(=O)(=O)c1ccc(-c2sc(C(=O)NC3CCOCC3)nc2CC2CCCCC2)cc1C(C)(C)O. The van der Waals surface area contributed by atoms with E-state index in [1.807, 2.05) is 0 Å². The quantitative estimate of drug-likeness (QED) is 0.400. The predicted octanol–water partition coefficient (Wildman–Crippen LogP) is 5.15. The molecule has 1 aromatic carbocycles. The van der Waals surface area contributed by atoms with Gasteiger partial charge in [0.05, 0.1) is 21.1 Å². The highest BCUT2D eigenvalue weighted by Gasteiger charge is 2.31. The molecule has 2 fully saturated rings. The lowest BCUT2D eigenvalue weighted by Gasteiger charge is -2.26. The molecule has 1 amide bonds. The number of benzene rings is 1. The van der Waals surface area contributed by atoms with Gasteiger partial charge in [0.1, 0.15) is 0 Å². The molecule has 0 radical (unpaired) electrons. The minimum absolute atomic E-state index is 0.0458. The Morgan fingerprint density at radius 3 is 2.36 bits per heavy atom. The first-order chi connectivity index (χ1) is 18.2. The summed E-state index contributed by atoms with van der Waals surface area (Å²) in [5, 5.41) is 14.6. The van der Waals surface area contributed by atoms with Crippen LogP contribution in [0.2, 0.25) is 0 Å². The molecule has 1 aliphatic carbocycles. The van der Waals surface area contributed by atoms with Crippen LogP contribution in [-0.2, 0) is 26.8 Å². The number of amides is 1. The Hall–Kier alpha value is -1.85. The monoisotopic (exact) mass is 577 g/mol. The van der Waals surface area contributed by atoms with Gasteiger partial charge in [0.25, 0.3) is 5.91 Å². The maximum atomic E-state index is 13.3. The van der Waals surface area contributed by atoms with Crippen LogP contribution in [0.1, 0.15) is 101 Å². The third-order valence-electron chi connectivity index (χ3n) is 7.29. The van der Waals surface area contributed by atoms with Crippen LogP contribution in [0.4, 0.5) is 0 Å². The maximum Gasteiger partial charge on any atom is 0.280 e. The van der Waals surface area contributed by atoms with Crippen molar-refractivity contribution in [2.24, 2.45) is 5.92 Å². The zero-order valence-electron chi connectivity index (χ0n) is 23.8. The highest BCUT2D eigenvalue weighted by atomic mass is 32.2. The van der Waals surface area contributed by atoms with E-state index in [4.69, 9.17) is 9.72 Å². The van der Waals surface area contributed by atoms with Crippen LogP contribution in [0.15, 0.2) is 23.1 Å². The van der Waals surface area contributed by atoms with Crippen LogP contribution in [0.25, 0.3) is 10.4 Å². The van der Waals surface area contributed by atoms with Gasteiger partial charge in [-0.3, -0.25) is 4.79 Å². The minimum atomic E-state index is -3.88. The van der Waals surface area contributed by atoms with Gasteiger partial charge in [-0.05, 0) is 77.5 Å². The number of thiazole rings is 1. The predicted molar refractivity (Wildman–Crippen MR) is 154 cm³/mol. The fraction of sp³-hybridized carbons (Fsp3) is 0.655. The lowest BCUT2D eigenvalue weighted by molar-refractivity contribution is 0.0695. The van der Waals surface area contributed by atoms with Gasteiger partial charge < -0.3 is 15.2 Å². The normalized spacial score (nSPS) is 18.3. The fourth-order valence-electron chi connectivity index (χ4n) is 5.41. The first kappa shape index (κ1) is 30.1. The molecule has 3 N–H and O–H groups in total. The van der Waals surface area contributed by atoms with Gasteiger partial charge in [0.15, 0.2) is 5.01 Å². The summed E-state index contributed by atoms with van der Waals surface area (Å²) >= 11 is 1.34. The Balaban J connectivity index is 1.74. The number of carbonyl (C=O) groups is 1. The van der Waals surface area contributed by atoms with Crippen molar-refractivity contribution in [1.82, 2.24) is 15.0 Å². The van der Waals surface area contributed by atoms with Crippen molar-refractivity contribution in [2.75, 3.05) is 13.2 Å². The van der Waals surface area contributed by atoms with E-state index in [-0.39, 0.29) is 16.8 Å². The maximum absolute atomic E-state index is 13.3. The summed E-state index contributed by atoms with van der Waals surface area (Å²) in [6.45, 7) is 9.80. The summed E-state index contributed by atoms with van der Waals surface area (Å²) in [7, 11) is -3.88. The van der Waals surface area contributed by atoms with Crippen LogP contribution in [0.3, 0.4) is 0 Å². The third-order valence-corrected chi connectivity index (χ3v) is 10.2. The number of aliphatic hydroxyl groups is 1. The molecular formula is C29H43N3O5S2. The van der Waals surface area contributed by atoms with Gasteiger partial charge in [-0.2, -0.15) is 0 Å². The standard InChI is InChI=1S/C29H43N3O5S2/c1-28(2,3)32-39(35,36)24-12-11-20(18-22(24)29(4,5)34)25-23(17-19-9-7-6-8-10-19)31-27(38-25)26(33)30-21-13-15-37-16-14-21/h11-12,18-19,21,32,34H,6-10,13-17H2,1-5H3,(H,30,33). The number of carbonyl (C=O) groups excluding carboxylic acids is 1. The largest absolute Gasteiger partial charge is 0.386 e. The number of rotatable bonds is 8. The number of nitrogens with one attached hydrogen (secondary N) is 2. The lowest BCUT2D eigenvalue weighted by Crippen LogP contribution is -2.41. The van der Waals surface area contributed by atoms with Gasteiger partial charge in [-0.1, -0.05) is 38.2 Å². The zero-order chi connectivity index (χ0) is 28.4. The first-order valence-electron chi connectivity index (χ1n) is 14.0. The van der Waals surface area contributed by atoms with Crippen molar-refractivity contribution >= 4 is 27.3 Å². The van der Waals surface area contributed by atoms with E-state index in [1.165, 1.54) is 30.6 Å². The Bertz CT molecular complexity index is 1260. The van der Waals surface area contributed by atoms with E-state index < -0.39 is 21.2 Å². The Kier molecular flexibility index (Phi) is 9.22. The Labute approximate surface area is 237 Å². The van der Waals surface area contributed by atoms with Crippen LogP contribution in [0, 0.1) is 5.92 Å².